The summed E-state index contributed by atoms with van der Waals surface area (Å²) in [6.45, 7) is 1.46. The third kappa shape index (κ3) is 5.45. The van der Waals surface area contributed by atoms with E-state index in [2.05, 4.69) is 41.2 Å². The number of carbonyl (C=O) groups is 1. The maximum absolute atomic E-state index is 14.5. The average molecular weight is 716 g/mol. The summed E-state index contributed by atoms with van der Waals surface area (Å²) in [5.41, 5.74) is 7.12. The molecule has 7 bridgehead atoms. The molecule has 6 heterocycles. The predicted octanol–water partition coefficient (Wildman–Crippen LogP) is 7.70. The fourth-order valence-electron chi connectivity index (χ4n) is 8.45. The van der Waals surface area contributed by atoms with Crippen LogP contribution in [-0.2, 0) is 25.7 Å². The molecular weight excluding hydrogens is 674 g/mol. The Morgan fingerprint density at radius 3 is 2.21 bits per heavy atom. The van der Waals surface area contributed by atoms with Gasteiger partial charge in [0.05, 0.1) is 46.4 Å². The van der Waals surface area contributed by atoms with Crippen molar-refractivity contribution in [2.24, 2.45) is 0 Å². The predicted molar refractivity (Wildman–Crippen MR) is 197 cm³/mol. The summed E-state index contributed by atoms with van der Waals surface area (Å²) in [7, 11) is 8.71. The largest absolute Gasteiger partial charge is 0.493 e. The molecule has 0 spiro atoms. The van der Waals surface area contributed by atoms with Gasteiger partial charge in [0.15, 0.2) is 40.3 Å². The summed E-state index contributed by atoms with van der Waals surface area (Å²) in [5, 5.41) is 3.81. The van der Waals surface area contributed by atoms with Crippen molar-refractivity contribution >= 4 is 11.6 Å². The number of carbonyl (C=O) groups excluding carboxylic acids is 1. The first-order valence-electron chi connectivity index (χ1n) is 17.9. The Morgan fingerprint density at radius 1 is 0.736 bits per heavy atom. The lowest BCUT2D eigenvalue weighted by Gasteiger charge is -2.48. The van der Waals surface area contributed by atoms with Crippen molar-refractivity contribution in [2.45, 2.75) is 37.8 Å². The van der Waals surface area contributed by atoms with E-state index in [0.717, 1.165) is 36.1 Å². The van der Waals surface area contributed by atoms with Gasteiger partial charge in [-0.2, -0.15) is 0 Å². The minimum absolute atomic E-state index is 0.101. The van der Waals surface area contributed by atoms with E-state index in [1.54, 1.807) is 45.6 Å². The monoisotopic (exact) mass is 715 g/mol. The maximum atomic E-state index is 14.5. The van der Waals surface area contributed by atoms with Crippen LogP contribution >= 0.6 is 0 Å². The van der Waals surface area contributed by atoms with Gasteiger partial charge in [-0.05, 0) is 109 Å². The van der Waals surface area contributed by atoms with Crippen LogP contribution in [0.25, 0.3) is 0 Å². The van der Waals surface area contributed by atoms with E-state index in [9.17, 15) is 4.79 Å². The molecule has 0 saturated heterocycles. The summed E-state index contributed by atoms with van der Waals surface area (Å²) >= 11 is 0. The highest BCUT2D eigenvalue weighted by atomic mass is 16.5. The number of fused-ring (bicyclic) bond motifs is 2. The second-order valence-electron chi connectivity index (χ2n) is 13.9. The first-order valence-corrected chi connectivity index (χ1v) is 17.9. The zero-order chi connectivity index (χ0) is 36.4. The van der Waals surface area contributed by atoms with Crippen molar-refractivity contribution in [3.8, 4) is 46.0 Å². The molecule has 11 nitrogen and oxygen atoms in total. The lowest BCUT2D eigenvalue weighted by atomic mass is 9.85. The number of methoxy groups -OCH3 is 4. The molecule has 0 N–H and O–H groups in total. The van der Waals surface area contributed by atoms with E-state index in [1.165, 1.54) is 23.0 Å². The van der Waals surface area contributed by atoms with Crippen LogP contribution in [0.3, 0.4) is 0 Å². The van der Waals surface area contributed by atoms with Crippen LogP contribution in [0.4, 0.5) is 5.69 Å². The first kappa shape index (κ1) is 33.2. The van der Waals surface area contributed by atoms with E-state index in [0.29, 0.717) is 71.1 Å². The number of hydrazine groups is 1. The molecule has 2 atom stereocenters. The van der Waals surface area contributed by atoms with Crippen molar-refractivity contribution in [3.05, 3.63) is 112 Å². The lowest BCUT2D eigenvalue weighted by molar-refractivity contribution is 0.0769. The SMILES string of the molecule is COc1cc2c3cc1Oc1ccc(cc1)CC1c4cc(c(OC)cc4CCN1C)Oc1c(OC)c(OC)cc4c1[C@H](C3)N(CC4)N2C(=O)c1ccco1. The van der Waals surface area contributed by atoms with Crippen molar-refractivity contribution < 1.29 is 37.6 Å². The van der Waals surface area contributed by atoms with Crippen LogP contribution < -0.4 is 33.4 Å². The number of nitrogens with zero attached hydrogens (tertiary/aromatic N) is 3. The van der Waals surface area contributed by atoms with E-state index in [-0.39, 0.29) is 23.8 Å². The molecule has 4 aromatic carbocycles. The standard InChI is InChI=1S/C42H41N3O8/c1-43-14-12-25-19-34(47-2)37-22-29(25)31(43)17-24-8-10-28(11-9-24)52-36-21-27-18-32-39-26(20-38(49-4)40(50-5)41(39)53-37)13-15-44(32)45(30(27)23-35(36)48-3)42(46)33-7-6-16-51-33/h6-11,16,19-23,31-32H,12-15,17-18H2,1-5H3/t31?,32-/m0/s1. The summed E-state index contributed by atoms with van der Waals surface area (Å²) in [6, 6.07) is 21.5. The van der Waals surface area contributed by atoms with Gasteiger partial charge in [-0.1, -0.05) is 12.1 Å². The third-order valence-corrected chi connectivity index (χ3v) is 11.1. The van der Waals surface area contributed by atoms with Gasteiger partial charge in [-0.3, -0.25) is 9.69 Å². The number of anilines is 1. The summed E-state index contributed by atoms with van der Waals surface area (Å²) in [4.78, 5) is 16.9. The number of hydrogen-bond acceptors (Lipinski definition) is 10. The van der Waals surface area contributed by atoms with Crippen LogP contribution in [0.1, 0.15) is 56.0 Å². The Bertz CT molecular complexity index is 2220. The number of benzene rings is 4. The van der Waals surface area contributed by atoms with Crippen molar-refractivity contribution in [1.82, 2.24) is 9.91 Å². The van der Waals surface area contributed by atoms with Gasteiger partial charge < -0.3 is 32.8 Å². The van der Waals surface area contributed by atoms with Gasteiger partial charge in [0.2, 0.25) is 5.75 Å². The van der Waals surface area contributed by atoms with Crippen LogP contribution in [0, 0.1) is 0 Å². The molecule has 1 unspecified atom stereocenters. The molecule has 1 aromatic heterocycles. The number of furan rings is 1. The van der Waals surface area contributed by atoms with Crippen LogP contribution in [-0.4, -0.2) is 64.4 Å². The summed E-state index contributed by atoms with van der Waals surface area (Å²) in [5.74, 6) is 4.43. The molecule has 0 saturated carbocycles. The quantitative estimate of drug-likeness (QED) is 0.180. The number of amides is 1. The van der Waals surface area contributed by atoms with Crippen molar-refractivity contribution in [2.75, 3.05) is 53.6 Å². The van der Waals surface area contributed by atoms with Crippen molar-refractivity contribution in [3.63, 3.8) is 0 Å². The third-order valence-electron chi connectivity index (χ3n) is 11.1. The Morgan fingerprint density at radius 2 is 1.47 bits per heavy atom. The summed E-state index contributed by atoms with van der Waals surface area (Å²) < 4.78 is 43.2. The molecule has 11 heteroatoms. The topological polar surface area (TPSA) is 95.3 Å². The highest BCUT2D eigenvalue weighted by molar-refractivity contribution is 6.04. The average Bonchev–Trinajstić information content (AvgIpc) is 3.73. The molecule has 53 heavy (non-hydrogen) atoms. The van der Waals surface area contributed by atoms with Gasteiger partial charge in [0.1, 0.15) is 5.75 Å². The number of rotatable bonds is 5. The molecule has 5 aliphatic rings. The van der Waals surface area contributed by atoms with Gasteiger partial charge in [0.25, 0.3) is 0 Å². The van der Waals surface area contributed by atoms with Crippen LogP contribution in [0.2, 0.25) is 0 Å². The van der Waals surface area contributed by atoms with Gasteiger partial charge in [-0.15, -0.1) is 0 Å². The maximum Gasteiger partial charge on any atom is 0.308 e. The fraction of sp³-hybridized carbons (Fsp3) is 0.310. The molecule has 272 valence electrons. The molecule has 10 rings (SSSR count). The van der Waals surface area contributed by atoms with Gasteiger partial charge in [-0.25, -0.2) is 10.0 Å². The molecule has 5 aliphatic heterocycles. The molecule has 5 aromatic rings. The second-order valence-corrected chi connectivity index (χ2v) is 13.9. The second kappa shape index (κ2) is 13.1. The Labute approximate surface area is 308 Å². The van der Waals surface area contributed by atoms with Crippen molar-refractivity contribution in [1.29, 1.82) is 0 Å². The van der Waals surface area contributed by atoms with E-state index >= 15 is 0 Å². The van der Waals surface area contributed by atoms with Crippen LogP contribution in [0.15, 0.2) is 77.4 Å². The molecular formula is C42H41N3O8. The van der Waals surface area contributed by atoms with Gasteiger partial charge >= 0.3 is 5.91 Å². The Balaban J connectivity index is 1.31. The van der Waals surface area contributed by atoms with E-state index < -0.39 is 0 Å². The molecule has 1 amide bonds. The zero-order valence-corrected chi connectivity index (χ0v) is 30.4. The fourth-order valence-corrected chi connectivity index (χ4v) is 8.45. The molecule has 0 radical (unpaired) electrons. The minimum Gasteiger partial charge on any atom is -0.493 e. The first-order chi connectivity index (χ1) is 25.9. The van der Waals surface area contributed by atoms with Gasteiger partial charge in [0, 0.05) is 30.8 Å². The molecule has 0 fully saturated rings. The molecule has 0 aliphatic carbocycles. The zero-order valence-electron chi connectivity index (χ0n) is 30.4. The highest BCUT2D eigenvalue weighted by Gasteiger charge is 2.44. The number of hydrogen-bond donors (Lipinski definition) is 0. The Hall–Kier alpha value is -5.65. The Kier molecular flexibility index (Phi) is 8.20. The summed E-state index contributed by atoms with van der Waals surface area (Å²) in [6.07, 6.45) is 4.34. The lowest BCUT2D eigenvalue weighted by Crippen LogP contribution is -2.54. The highest BCUT2D eigenvalue weighted by Crippen LogP contribution is 2.55. The smallest absolute Gasteiger partial charge is 0.308 e. The number of likely N-dealkylation sites (N-methyl/N-ethyl adjacent to an activating group) is 1. The number of ether oxygens (including phenoxy) is 6. The van der Waals surface area contributed by atoms with E-state index in [4.69, 9.17) is 32.8 Å². The van der Waals surface area contributed by atoms with Crippen LogP contribution in [0.5, 0.6) is 46.0 Å². The minimum atomic E-state index is -0.345. The van der Waals surface area contributed by atoms with E-state index in [1.807, 2.05) is 30.3 Å². The normalized spacial score (nSPS) is 18.8.